The number of methoxy groups -OCH3 is 2. The van der Waals surface area contributed by atoms with Gasteiger partial charge in [0.15, 0.2) is 17.3 Å². The highest BCUT2D eigenvalue weighted by atomic mass is 16.6. The van der Waals surface area contributed by atoms with Crippen molar-refractivity contribution < 1.29 is 23.8 Å². The molecule has 0 N–H and O–H groups in total. The van der Waals surface area contributed by atoms with Gasteiger partial charge in [-0.3, -0.25) is 4.79 Å². The molecule has 1 saturated heterocycles. The zero-order valence-corrected chi connectivity index (χ0v) is 18.1. The number of hydrogen-bond acceptors (Lipinski definition) is 5. The van der Waals surface area contributed by atoms with Crippen molar-refractivity contribution in [3.05, 3.63) is 59.2 Å². The molecule has 1 unspecified atom stereocenters. The van der Waals surface area contributed by atoms with Crippen LogP contribution in [0.3, 0.4) is 0 Å². The summed E-state index contributed by atoms with van der Waals surface area (Å²) in [4.78, 5) is 27.1. The number of hydrogen-bond donors (Lipinski definition) is 0. The van der Waals surface area contributed by atoms with Crippen molar-refractivity contribution in [3.63, 3.8) is 0 Å². The Labute approximate surface area is 183 Å². The number of carbonyl (C=O) groups is 2. The first-order valence-electron chi connectivity index (χ1n) is 10.8. The van der Waals surface area contributed by atoms with E-state index in [1.807, 2.05) is 42.5 Å². The molecular formula is C25H29NO5. The zero-order chi connectivity index (χ0) is 21.8. The SMILES string of the molecule is COc1cc2c(cc1OC)C(=O)C(CC1CCN(C(=O)OCc3ccccc3)CC1)C2. The van der Waals surface area contributed by atoms with Crippen molar-refractivity contribution in [2.45, 2.75) is 32.3 Å². The van der Waals surface area contributed by atoms with E-state index < -0.39 is 0 Å². The second-order valence-corrected chi connectivity index (χ2v) is 8.34. The van der Waals surface area contributed by atoms with Crippen molar-refractivity contribution in [2.24, 2.45) is 11.8 Å². The number of nitrogens with zero attached hydrogens (tertiary/aromatic N) is 1. The third-order valence-corrected chi connectivity index (χ3v) is 6.41. The predicted octanol–water partition coefficient (Wildman–Crippen LogP) is 4.50. The number of fused-ring (bicyclic) bond motifs is 1. The molecule has 6 heteroatoms. The second-order valence-electron chi connectivity index (χ2n) is 8.34. The lowest BCUT2D eigenvalue weighted by Gasteiger charge is -2.32. The second kappa shape index (κ2) is 9.41. The summed E-state index contributed by atoms with van der Waals surface area (Å²) >= 11 is 0. The van der Waals surface area contributed by atoms with Gasteiger partial charge in [-0.15, -0.1) is 0 Å². The third-order valence-electron chi connectivity index (χ3n) is 6.41. The molecule has 164 valence electrons. The maximum atomic E-state index is 12.9. The molecule has 0 spiro atoms. The van der Waals surface area contributed by atoms with Gasteiger partial charge in [0, 0.05) is 24.6 Å². The highest BCUT2D eigenvalue weighted by molar-refractivity contribution is 6.02. The van der Waals surface area contributed by atoms with E-state index in [4.69, 9.17) is 14.2 Å². The van der Waals surface area contributed by atoms with Crippen molar-refractivity contribution in [1.82, 2.24) is 4.90 Å². The quantitative estimate of drug-likeness (QED) is 0.685. The fraction of sp³-hybridized carbons (Fsp3) is 0.440. The first-order chi connectivity index (χ1) is 15.1. The van der Waals surface area contributed by atoms with E-state index in [2.05, 4.69) is 0 Å². The number of rotatable bonds is 6. The summed E-state index contributed by atoms with van der Waals surface area (Å²) < 4.78 is 16.2. The summed E-state index contributed by atoms with van der Waals surface area (Å²) in [7, 11) is 3.19. The number of likely N-dealkylation sites (tertiary alicyclic amines) is 1. The Bertz CT molecular complexity index is 934. The minimum absolute atomic E-state index is 0.00612. The number of ketones is 1. The standard InChI is InChI=1S/C25H29NO5/c1-29-22-14-19-13-20(24(27)21(19)15-23(22)30-2)12-17-8-10-26(11-9-17)25(28)31-16-18-6-4-3-5-7-18/h3-7,14-15,17,20H,8-13,16H2,1-2H3. The maximum Gasteiger partial charge on any atom is 0.410 e. The maximum absolute atomic E-state index is 12.9. The molecule has 1 heterocycles. The van der Waals surface area contributed by atoms with Crippen LogP contribution in [0.5, 0.6) is 11.5 Å². The lowest BCUT2D eigenvalue weighted by atomic mass is 9.85. The summed E-state index contributed by atoms with van der Waals surface area (Å²) in [6, 6.07) is 13.4. The van der Waals surface area contributed by atoms with Crippen LogP contribution in [0.2, 0.25) is 0 Å². The molecule has 1 amide bonds. The first-order valence-corrected chi connectivity index (χ1v) is 10.8. The van der Waals surface area contributed by atoms with Gasteiger partial charge in [-0.2, -0.15) is 0 Å². The molecule has 2 aromatic carbocycles. The smallest absolute Gasteiger partial charge is 0.410 e. The topological polar surface area (TPSA) is 65.1 Å². The fourth-order valence-electron chi connectivity index (χ4n) is 4.65. The number of piperidine rings is 1. The number of carbonyl (C=O) groups excluding carboxylic acids is 2. The summed E-state index contributed by atoms with van der Waals surface area (Å²) in [6.07, 6.45) is 3.13. The van der Waals surface area contributed by atoms with Gasteiger partial charge in [0.1, 0.15) is 6.61 Å². The largest absolute Gasteiger partial charge is 0.493 e. The molecule has 1 aliphatic carbocycles. The lowest BCUT2D eigenvalue weighted by Crippen LogP contribution is -2.39. The molecule has 4 rings (SSSR count). The van der Waals surface area contributed by atoms with Crippen LogP contribution in [-0.2, 0) is 17.8 Å². The predicted molar refractivity (Wildman–Crippen MR) is 117 cm³/mol. The zero-order valence-electron chi connectivity index (χ0n) is 18.1. The minimum Gasteiger partial charge on any atom is -0.493 e. The van der Waals surface area contributed by atoms with E-state index in [0.717, 1.165) is 42.4 Å². The monoisotopic (exact) mass is 423 g/mol. The summed E-state index contributed by atoms with van der Waals surface area (Å²) in [5.74, 6) is 1.88. The number of benzene rings is 2. The van der Waals surface area contributed by atoms with Crippen LogP contribution < -0.4 is 9.47 Å². The molecule has 2 aliphatic rings. The lowest BCUT2D eigenvalue weighted by molar-refractivity contribution is 0.0765. The van der Waals surface area contributed by atoms with Crippen molar-refractivity contribution >= 4 is 11.9 Å². The van der Waals surface area contributed by atoms with Crippen LogP contribution >= 0.6 is 0 Å². The Morgan fingerprint density at radius 3 is 2.39 bits per heavy atom. The van der Waals surface area contributed by atoms with Crippen LogP contribution in [-0.4, -0.2) is 44.1 Å². The van der Waals surface area contributed by atoms with Gasteiger partial charge >= 0.3 is 6.09 Å². The molecule has 1 aliphatic heterocycles. The van der Waals surface area contributed by atoms with Crippen LogP contribution in [0.4, 0.5) is 4.79 Å². The third kappa shape index (κ3) is 4.68. The Hall–Kier alpha value is -3.02. The van der Waals surface area contributed by atoms with Crippen LogP contribution in [0.1, 0.15) is 40.7 Å². The molecule has 31 heavy (non-hydrogen) atoms. The Balaban J connectivity index is 1.28. The average molecular weight is 424 g/mol. The molecule has 6 nitrogen and oxygen atoms in total. The summed E-state index contributed by atoms with van der Waals surface area (Å²) in [5, 5.41) is 0. The van der Waals surface area contributed by atoms with Gasteiger partial charge < -0.3 is 19.1 Å². The number of ether oxygens (including phenoxy) is 3. The van der Waals surface area contributed by atoms with E-state index in [1.54, 1.807) is 19.1 Å². The van der Waals surface area contributed by atoms with Gasteiger partial charge in [-0.1, -0.05) is 30.3 Å². The highest BCUT2D eigenvalue weighted by Gasteiger charge is 2.35. The average Bonchev–Trinajstić information content (AvgIpc) is 3.11. The van der Waals surface area contributed by atoms with Crippen LogP contribution in [0.15, 0.2) is 42.5 Å². The van der Waals surface area contributed by atoms with Crippen molar-refractivity contribution in [1.29, 1.82) is 0 Å². The Morgan fingerprint density at radius 1 is 1.03 bits per heavy atom. The molecule has 0 bridgehead atoms. The Kier molecular flexibility index (Phi) is 6.44. The van der Waals surface area contributed by atoms with Crippen molar-refractivity contribution in [2.75, 3.05) is 27.3 Å². The fourth-order valence-corrected chi connectivity index (χ4v) is 4.65. The molecule has 0 aromatic heterocycles. The molecule has 1 atom stereocenters. The first kappa shape index (κ1) is 21.2. The van der Waals surface area contributed by atoms with E-state index in [1.165, 1.54) is 0 Å². The molecule has 0 radical (unpaired) electrons. The van der Waals surface area contributed by atoms with Gasteiger partial charge in [0.2, 0.25) is 0 Å². The van der Waals surface area contributed by atoms with Crippen LogP contribution in [0.25, 0.3) is 0 Å². The number of amides is 1. The van der Waals surface area contributed by atoms with E-state index in [-0.39, 0.29) is 17.8 Å². The van der Waals surface area contributed by atoms with Crippen molar-refractivity contribution in [3.8, 4) is 11.5 Å². The minimum atomic E-state index is -0.258. The Morgan fingerprint density at radius 2 is 1.71 bits per heavy atom. The van der Waals surface area contributed by atoms with E-state index >= 15 is 0 Å². The van der Waals surface area contributed by atoms with E-state index in [0.29, 0.717) is 37.1 Å². The molecular weight excluding hydrogens is 394 g/mol. The van der Waals surface area contributed by atoms with Gasteiger partial charge in [0.25, 0.3) is 0 Å². The highest BCUT2D eigenvalue weighted by Crippen LogP contribution is 2.39. The molecule has 1 fully saturated rings. The normalized spacial score (nSPS) is 18.6. The van der Waals surface area contributed by atoms with Gasteiger partial charge in [-0.25, -0.2) is 4.79 Å². The van der Waals surface area contributed by atoms with Crippen LogP contribution in [0, 0.1) is 11.8 Å². The number of Topliss-reactive ketones (excluding diaryl/α,β-unsaturated/α-hetero) is 1. The molecule has 2 aromatic rings. The van der Waals surface area contributed by atoms with E-state index in [9.17, 15) is 9.59 Å². The summed E-state index contributed by atoms with van der Waals surface area (Å²) in [5.41, 5.74) is 2.78. The van der Waals surface area contributed by atoms with Gasteiger partial charge in [-0.05, 0) is 54.9 Å². The van der Waals surface area contributed by atoms with Gasteiger partial charge in [0.05, 0.1) is 14.2 Å². The summed E-state index contributed by atoms with van der Waals surface area (Å²) in [6.45, 7) is 1.64. The molecule has 0 saturated carbocycles.